The van der Waals surface area contributed by atoms with Crippen LogP contribution in [0.1, 0.15) is 207 Å². The summed E-state index contributed by atoms with van der Waals surface area (Å²) in [6.45, 7) is 8.82. The maximum Gasteiger partial charge on any atom is 0.306 e. The number of ether oxygens (including phenoxy) is 2. The number of aliphatic hydroxyl groups is 1. The molecule has 0 aromatic carbocycles. The van der Waals surface area contributed by atoms with Gasteiger partial charge in [-0.3, -0.25) is 9.59 Å². The second-order valence-electron chi connectivity index (χ2n) is 14.3. The zero-order valence-electron chi connectivity index (χ0n) is 30.0. The van der Waals surface area contributed by atoms with Crippen LogP contribution in [0.2, 0.25) is 0 Å². The molecular formula is C39H76O5. The number of unbranched alkanes of at least 4 members (excludes halogenated alkanes) is 22. The van der Waals surface area contributed by atoms with Gasteiger partial charge in [0, 0.05) is 12.8 Å². The second kappa shape index (κ2) is 33.3. The third kappa shape index (κ3) is 33.8. The molecule has 1 atom stereocenters. The van der Waals surface area contributed by atoms with E-state index in [-0.39, 0.29) is 25.2 Å². The summed E-state index contributed by atoms with van der Waals surface area (Å²) in [5.41, 5.74) is 0. The van der Waals surface area contributed by atoms with Crippen LogP contribution in [-0.4, -0.2) is 36.4 Å². The van der Waals surface area contributed by atoms with Gasteiger partial charge in [-0.1, -0.05) is 182 Å². The van der Waals surface area contributed by atoms with Crippen molar-refractivity contribution in [3.63, 3.8) is 0 Å². The first kappa shape index (κ1) is 42.9. The van der Waals surface area contributed by atoms with E-state index in [0.29, 0.717) is 12.8 Å². The average molecular weight is 625 g/mol. The minimum absolute atomic E-state index is 0.0592. The van der Waals surface area contributed by atoms with Crippen LogP contribution in [0.4, 0.5) is 0 Å². The Morgan fingerprint density at radius 3 is 1.07 bits per heavy atom. The van der Waals surface area contributed by atoms with Crippen LogP contribution in [0.25, 0.3) is 0 Å². The Labute approximate surface area is 274 Å². The fourth-order valence-electron chi connectivity index (χ4n) is 5.81. The number of hydrogen-bond donors (Lipinski definition) is 1. The molecule has 0 saturated heterocycles. The van der Waals surface area contributed by atoms with E-state index in [9.17, 15) is 14.7 Å². The third-order valence-electron chi connectivity index (χ3n) is 8.76. The highest BCUT2D eigenvalue weighted by Gasteiger charge is 2.16. The smallest absolute Gasteiger partial charge is 0.306 e. The van der Waals surface area contributed by atoms with Crippen LogP contribution < -0.4 is 0 Å². The molecule has 0 fully saturated rings. The predicted octanol–water partition coefficient (Wildman–Crippen LogP) is 11.7. The molecule has 5 heteroatoms. The molecule has 0 aromatic heterocycles. The topological polar surface area (TPSA) is 72.8 Å². The van der Waals surface area contributed by atoms with Gasteiger partial charge in [0.1, 0.15) is 6.61 Å². The fourth-order valence-corrected chi connectivity index (χ4v) is 5.81. The van der Waals surface area contributed by atoms with Gasteiger partial charge in [0.15, 0.2) is 6.10 Å². The van der Waals surface area contributed by atoms with Crippen LogP contribution in [-0.2, 0) is 19.1 Å². The molecule has 0 aliphatic rings. The first-order valence-corrected chi connectivity index (χ1v) is 19.3. The van der Waals surface area contributed by atoms with Crippen LogP contribution in [0, 0.1) is 11.8 Å². The fraction of sp³-hybridized carbons (Fsp3) is 0.949. The van der Waals surface area contributed by atoms with Crippen molar-refractivity contribution in [2.24, 2.45) is 11.8 Å². The van der Waals surface area contributed by atoms with Crippen LogP contribution in [0.3, 0.4) is 0 Å². The van der Waals surface area contributed by atoms with E-state index < -0.39 is 6.10 Å². The van der Waals surface area contributed by atoms with Gasteiger partial charge in [-0.25, -0.2) is 0 Å². The Morgan fingerprint density at radius 1 is 0.455 bits per heavy atom. The summed E-state index contributed by atoms with van der Waals surface area (Å²) in [5.74, 6) is 1.08. The van der Waals surface area contributed by atoms with Crippen molar-refractivity contribution in [2.75, 3.05) is 13.2 Å². The van der Waals surface area contributed by atoms with Crippen molar-refractivity contribution in [1.82, 2.24) is 0 Å². The Morgan fingerprint density at radius 2 is 0.750 bits per heavy atom. The van der Waals surface area contributed by atoms with Crippen molar-refractivity contribution in [3.05, 3.63) is 0 Å². The monoisotopic (exact) mass is 625 g/mol. The number of carbonyl (C=O) groups excluding carboxylic acids is 2. The third-order valence-corrected chi connectivity index (χ3v) is 8.76. The zero-order chi connectivity index (χ0) is 32.5. The van der Waals surface area contributed by atoms with Crippen molar-refractivity contribution in [3.8, 4) is 0 Å². The molecule has 262 valence electrons. The van der Waals surface area contributed by atoms with E-state index in [1.165, 1.54) is 135 Å². The molecule has 5 nitrogen and oxygen atoms in total. The minimum Gasteiger partial charge on any atom is -0.462 e. The van der Waals surface area contributed by atoms with E-state index in [2.05, 4.69) is 27.7 Å². The van der Waals surface area contributed by atoms with Crippen molar-refractivity contribution >= 4 is 11.9 Å². The maximum atomic E-state index is 12.1. The molecule has 0 radical (unpaired) electrons. The van der Waals surface area contributed by atoms with E-state index in [1.807, 2.05) is 0 Å². The summed E-state index contributed by atoms with van der Waals surface area (Å²) >= 11 is 0. The number of rotatable bonds is 34. The van der Waals surface area contributed by atoms with Crippen LogP contribution in [0.15, 0.2) is 0 Å². The van der Waals surface area contributed by atoms with Gasteiger partial charge >= 0.3 is 11.9 Å². The number of esters is 2. The summed E-state index contributed by atoms with van der Waals surface area (Å²) in [6.07, 6.45) is 33.1. The molecule has 0 aromatic rings. The lowest BCUT2D eigenvalue weighted by Crippen LogP contribution is -2.28. The summed E-state index contributed by atoms with van der Waals surface area (Å²) in [7, 11) is 0. The average Bonchev–Trinajstić information content (AvgIpc) is 2.99. The van der Waals surface area contributed by atoms with Gasteiger partial charge in [0.05, 0.1) is 6.61 Å². The Kier molecular flexibility index (Phi) is 32.4. The molecule has 0 heterocycles. The standard InChI is InChI=1S/C39H76O5/c1-35(2)29-25-21-17-13-11-9-7-5-6-8-10-12-14-19-23-27-31-38(41)43-34-37(33-40)44-39(42)32-28-24-20-16-15-18-22-26-30-36(3)4/h35-37,40H,5-34H2,1-4H3/t37-/m0/s1. The van der Waals surface area contributed by atoms with Crippen molar-refractivity contribution < 1.29 is 24.2 Å². The molecule has 44 heavy (non-hydrogen) atoms. The van der Waals surface area contributed by atoms with Gasteiger partial charge in [-0.2, -0.15) is 0 Å². The SMILES string of the molecule is CC(C)CCCCCCCCCCCCCCCCCCC(=O)OC[C@H](CO)OC(=O)CCCCCCCCCCC(C)C. The highest BCUT2D eigenvalue weighted by Crippen LogP contribution is 2.16. The Bertz CT molecular complexity index is 618. The van der Waals surface area contributed by atoms with Gasteiger partial charge in [0.2, 0.25) is 0 Å². The summed E-state index contributed by atoms with van der Waals surface area (Å²) in [6, 6.07) is 0. The van der Waals surface area contributed by atoms with Crippen molar-refractivity contribution in [1.29, 1.82) is 0 Å². The largest absolute Gasteiger partial charge is 0.462 e. The molecular weight excluding hydrogens is 548 g/mol. The highest BCUT2D eigenvalue weighted by atomic mass is 16.6. The van der Waals surface area contributed by atoms with Crippen molar-refractivity contribution in [2.45, 2.75) is 214 Å². The van der Waals surface area contributed by atoms with E-state index in [1.54, 1.807) is 0 Å². The summed E-state index contributed by atoms with van der Waals surface area (Å²) in [5, 5.41) is 9.52. The number of hydrogen-bond acceptors (Lipinski definition) is 5. The first-order chi connectivity index (χ1) is 21.3. The molecule has 0 amide bonds. The lowest BCUT2D eigenvalue weighted by Gasteiger charge is -2.15. The molecule has 0 bridgehead atoms. The minimum atomic E-state index is -0.762. The van der Waals surface area contributed by atoms with Gasteiger partial charge < -0.3 is 14.6 Å². The van der Waals surface area contributed by atoms with Crippen LogP contribution in [0.5, 0.6) is 0 Å². The molecule has 0 rings (SSSR count). The second-order valence-corrected chi connectivity index (χ2v) is 14.3. The van der Waals surface area contributed by atoms with Gasteiger partial charge in [-0.05, 0) is 24.7 Å². The Hall–Kier alpha value is -1.10. The Balaban J connectivity index is 3.48. The normalized spacial score (nSPS) is 12.2. The van der Waals surface area contributed by atoms with E-state index >= 15 is 0 Å². The molecule has 0 spiro atoms. The lowest BCUT2D eigenvalue weighted by molar-refractivity contribution is -0.161. The maximum absolute atomic E-state index is 12.1. The molecule has 1 N–H and O–H groups in total. The molecule has 0 unspecified atom stereocenters. The summed E-state index contributed by atoms with van der Waals surface area (Å²) < 4.78 is 10.6. The molecule has 0 aliphatic heterocycles. The number of carbonyl (C=O) groups is 2. The molecule has 0 aliphatic carbocycles. The summed E-state index contributed by atoms with van der Waals surface area (Å²) in [4.78, 5) is 24.2. The number of aliphatic hydroxyl groups excluding tert-OH is 1. The van der Waals surface area contributed by atoms with Gasteiger partial charge in [-0.15, -0.1) is 0 Å². The zero-order valence-corrected chi connectivity index (χ0v) is 30.0. The quantitative estimate of drug-likeness (QED) is 0.0569. The van der Waals surface area contributed by atoms with Gasteiger partial charge in [0.25, 0.3) is 0 Å². The predicted molar refractivity (Wildman–Crippen MR) is 187 cm³/mol. The van der Waals surface area contributed by atoms with Crippen LogP contribution >= 0.6 is 0 Å². The highest BCUT2D eigenvalue weighted by molar-refractivity contribution is 5.70. The van der Waals surface area contributed by atoms with E-state index in [0.717, 1.165) is 43.9 Å². The van der Waals surface area contributed by atoms with E-state index in [4.69, 9.17) is 9.47 Å². The first-order valence-electron chi connectivity index (χ1n) is 19.3. The molecule has 0 saturated carbocycles. The lowest BCUT2D eigenvalue weighted by atomic mass is 10.0.